The van der Waals surface area contributed by atoms with Crippen LogP contribution in [-0.2, 0) is 6.42 Å². The molecular formula is C16H16FNO2. The van der Waals surface area contributed by atoms with Crippen molar-refractivity contribution in [3.05, 3.63) is 65.5 Å². The zero-order chi connectivity index (χ0) is 14.4. The van der Waals surface area contributed by atoms with Gasteiger partial charge in [-0.25, -0.2) is 4.39 Å². The van der Waals surface area contributed by atoms with Gasteiger partial charge in [0, 0.05) is 6.54 Å². The standard InChI is InChI=1S/C16H16FNO2/c17-13-8-9-15(19)14(11-13)16(20)18-10-4-7-12-5-2-1-3-6-12/h1-3,5-6,8-9,11,19H,4,7,10H2,(H,18,20). The molecule has 0 saturated carbocycles. The number of benzene rings is 2. The van der Waals surface area contributed by atoms with Gasteiger partial charge in [-0.05, 0) is 36.6 Å². The van der Waals surface area contributed by atoms with Crippen LogP contribution in [-0.4, -0.2) is 17.6 Å². The van der Waals surface area contributed by atoms with Gasteiger partial charge in [0.1, 0.15) is 11.6 Å². The number of phenolic OH excluding ortho intramolecular Hbond substituents is 1. The average molecular weight is 273 g/mol. The second-order valence-corrected chi connectivity index (χ2v) is 4.51. The van der Waals surface area contributed by atoms with Crippen molar-refractivity contribution in [2.75, 3.05) is 6.54 Å². The van der Waals surface area contributed by atoms with Crippen LogP contribution < -0.4 is 5.32 Å². The first-order valence-electron chi connectivity index (χ1n) is 6.47. The molecule has 2 aromatic rings. The van der Waals surface area contributed by atoms with Crippen LogP contribution in [0.1, 0.15) is 22.3 Å². The maximum Gasteiger partial charge on any atom is 0.255 e. The summed E-state index contributed by atoms with van der Waals surface area (Å²) in [6.07, 6.45) is 1.64. The van der Waals surface area contributed by atoms with E-state index in [2.05, 4.69) is 5.32 Å². The summed E-state index contributed by atoms with van der Waals surface area (Å²) in [5, 5.41) is 12.2. The van der Waals surface area contributed by atoms with E-state index in [1.807, 2.05) is 30.3 Å². The van der Waals surface area contributed by atoms with Gasteiger partial charge in [0.2, 0.25) is 0 Å². The third kappa shape index (κ3) is 3.82. The minimum absolute atomic E-state index is 0.0373. The summed E-state index contributed by atoms with van der Waals surface area (Å²) in [5.74, 6) is -1.22. The predicted octanol–water partition coefficient (Wildman–Crippen LogP) is 2.89. The van der Waals surface area contributed by atoms with Crippen molar-refractivity contribution in [3.63, 3.8) is 0 Å². The Labute approximate surface area is 117 Å². The lowest BCUT2D eigenvalue weighted by Crippen LogP contribution is -2.25. The van der Waals surface area contributed by atoms with E-state index < -0.39 is 11.7 Å². The average Bonchev–Trinajstić information content (AvgIpc) is 2.47. The summed E-state index contributed by atoms with van der Waals surface area (Å²) in [6, 6.07) is 13.3. The van der Waals surface area contributed by atoms with E-state index in [-0.39, 0.29) is 11.3 Å². The van der Waals surface area contributed by atoms with Crippen LogP contribution in [0.4, 0.5) is 4.39 Å². The molecule has 2 aromatic carbocycles. The van der Waals surface area contributed by atoms with Gasteiger partial charge in [-0.1, -0.05) is 30.3 Å². The lowest BCUT2D eigenvalue weighted by atomic mass is 10.1. The molecule has 3 nitrogen and oxygen atoms in total. The third-order valence-corrected chi connectivity index (χ3v) is 2.97. The fourth-order valence-corrected chi connectivity index (χ4v) is 1.92. The number of phenols is 1. The van der Waals surface area contributed by atoms with E-state index in [0.717, 1.165) is 25.0 Å². The number of aryl methyl sites for hydroxylation is 1. The molecule has 0 heterocycles. The number of carbonyl (C=O) groups excluding carboxylic acids is 1. The van der Waals surface area contributed by atoms with Gasteiger partial charge in [-0.3, -0.25) is 4.79 Å². The Kier molecular flexibility index (Phi) is 4.71. The monoisotopic (exact) mass is 273 g/mol. The summed E-state index contributed by atoms with van der Waals surface area (Å²) in [6.45, 7) is 0.476. The fraction of sp³-hybridized carbons (Fsp3) is 0.188. The van der Waals surface area contributed by atoms with Crippen molar-refractivity contribution in [3.8, 4) is 5.75 Å². The molecule has 1 amide bonds. The van der Waals surface area contributed by atoms with Crippen LogP contribution in [0, 0.1) is 5.82 Å². The Morgan fingerprint density at radius 3 is 2.65 bits per heavy atom. The van der Waals surface area contributed by atoms with E-state index in [1.165, 1.54) is 11.6 Å². The van der Waals surface area contributed by atoms with Gasteiger partial charge in [0.15, 0.2) is 0 Å². The molecule has 0 aliphatic carbocycles. The quantitative estimate of drug-likeness (QED) is 0.823. The van der Waals surface area contributed by atoms with E-state index >= 15 is 0 Å². The van der Waals surface area contributed by atoms with Gasteiger partial charge in [0.25, 0.3) is 5.91 Å². The fourth-order valence-electron chi connectivity index (χ4n) is 1.92. The molecule has 0 saturated heterocycles. The molecule has 2 N–H and O–H groups in total. The number of amides is 1. The van der Waals surface area contributed by atoms with Gasteiger partial charge >= 0.3 is 0 Å². The minimum atomic E-state index is -0.544. The molecule has 0 bridgehead atoms. The highest BCUT2D eigenvalue weighted by molar-refractivity contribution is 5.96. The maximum atomic E-state index is 13.0. The third-order valence-electron chi connectivity index (χ3n) is 2.97. The highest BCUT2D eigenvalue weighted by atomic mass is 19.1. The Balaban J connectivity index is 1.82. The van der Waals surface area contributed by atoms with Crippen LogP contribution >= 0.6 is 0 Å². The largest absolute Gasteiger partial charge is 0.507 e. The second-order valence-electron chi connectivity index (χ2n) is 4.51. The Morgan fingerprint density at radius 1 is 1.15 bits per heavy atom. The first-order valence-corrected chi connectivity index (χ1v) is 6.47. The smallest absolute Gasteiger partial charge is 0.255 e. The molecular weight excluding hydrogens is 257 g/mol. The Bertz CT molecular complexity index is 584. The van der Waals surface area contributed by atoms with Crippen LogP contribution in [0.5, 0.6) is 5.75 Å². The van der Waals surface area contributed by atoms with Crippen molar-refractivity contribution in [1.29, 1.82) is 0 Å². The van der Waals surface area contributed by atoms with Gasteiger partial charge in [-0.2, -0.15) is 0 Å². The number of carbonyl (C=O) groups is 1. The molecule has 0 unspecified atom stereocenters. The van der Waals surface area contributed by atoms with Crippen molar-refractivity contribution in [2.45, 2.75) is 12.8 Å². The lowest BCUT2D eigenvalue weighted by molar-refractivity contribution is 0.0950. The molecule has 0 aliphatic rings. The van der Waals surface area contributed by atoms with E-state index in [4.69, 9.17) is 0 Å². The van der Waals surface area contributed by atoms with E-state index in [9.17, 15) is 14.3 Å². The number of rotatable bonds is 5. The SMILES string of the molecule is O=C(NCCCc1ccccc1)c1cc(F)ccc1O. The summed E-state index contributed by atoms with van der Waals surface area (Å²) in [4.78, 5) is 11.8. The Hall–Kier alpha value is -2.36. The number of nitrogens with one attached hydrogen (secondary N) is 1. The van der Waals surface area contributed by atoms with Crippen molar-refractivity contribution >= 4 is 5.91 Å². The number of hydrogen-bond donors (Lipinski definition) is 2. The topological polar surface area (TPSA) is 49.3 Å². The van der Waals surface area contributed by atoms with Crippen LogP contribution in [0.2, 0.25) is 0 Å². The van der Waals surface area contributed by atoms with Crippen LogP contribution in [0.3, 0.4) is 0 Å². The van der Waals surface area contributed by atoms with Crippen molar-refractivity contribution in [2.24, 2.45) is 0 Å². The highest BCUT2D eigenvalue weighted by Gasteiger charge is 2.11. The summed E-state index contributed by atoms with van der Waals surface area (Å²) in [5.41, 5.74) is 1.17. The highest BCUT2D eigenvalue weighted by Crippen LogP contribution is 2.17. The molecule has 20 heavy (non-hydrogen) atoms. The minimum Gasteiger partial charge on any atom is -0.507 e. The molecule has 0 atom stereocenters. The van der Waals surface area contributed by atoms with Crippen molar-refractivity contribution in [1.82, 2.24) is 5.32 Å². The molecule has 0 spiro atoms. The number of hydrogen-bond acceptors (Lipinski definition) is 2. The van der Waals surface area contributed by atoms with E-state index in [0.29, 0.717) is 6.54 Å². The summed E-state index contributed by atoms with van der Waals surface area (Å²) >= 11 is 0. The molecule has 0 radical (unpaired) electrons. The lowest BCUT2D eigenvalue weighted by Gasteiger charge is -2.07. The molecule has 0 fully saturated rings. The normalized spacial score (nSPS) is 10.2. The van der Waals surface area contributed by atoms with Crippen LogP contribution in [0.25, 0.3) is 0 Å². The van der Waals surface area contributed by atoms with Gasteiger partial charge in [-0.15, -0.1) is 0 Å². The van der Waals surface area contributed by atoms with E-state index in [1.54, 1.807) is 0 Å². The second kappa shape index (κ2) is 6.70. The Morgan fingerprint density at radius 2 is 1.90 bits per heavy atom. The first-order chi connectivity index (χ1) is 9.66. The first kappa shape index (κ1) is 14.1. The molecule has 104 valence electrons. The van der Waals surface area contributed by atoms with Crippen molar-refractivity contribution < 1.29 is 14.3 Å². The molecule has 2 rings (SSSR count). The molecule has 4 heteroatoms. The van der Waals surface area contributed by atoms with Gasteiger partial charge < -0.3 is 10.4 Å². The number of aromatic hydroxyl groups is 1. The maximum absolute atomic E-state index is 13.0. The zero-order valence-corrected chi connectivity index (χ0v) is 11.0. The van der Waals surface area contributed by atoms with Gasteiger partial charge in [0.05, 0.1) is 5.56 Å². The predicted molar refractivity (Wildman–Crippen MR) is 75.2 cm³/mol. The molecule has 0 aliphatic heterocycles. The summed E-state index contributed by atoms with van der Waals surface area (Å²) < 4.78 is 13.0. The van der Waals surface area contributed by atoms with Crippen LogP contribution in [0.15, 0.2) is 48.5 Å². The zero-order valence-electron chi connectivity index (χ0n) is 11.0. The number of halogens is 1. The summed E-state index contributed by atoms with van der Waals surface area (Å²) in [7, 11) is 0. The molecule has 0 aromatic heterocycles.